The van der Waals surface area contributed by atoms with Crippen LogP contribution in [0.1, 0.15) is 21.7 Å². The Morgan fingerprint density at radius 1 is 1.08 bits per heavy atom. The van der Waals surface area contributed by atoms with Gasteiger partial charge in [-0.2, -0.15) is 0 Å². The van der Waals surface area contributed by atoms with E-state index in [2.05, 4.69) is 20.5 Å². The third-order valence-corrected chi connectivity index (χ3v) is 5.54. The monoisotopic (exact) mass is 417 g/mol. The number of nitrogens with zero attached hydrogens (tertiary/aromatic N) is 1. The van der Waals surface area contributed by atoms with Crippen LogP contribution in [0.25, 0.3) is 5.69 Å². The zero-order valence-electron chi connectivity index (χ0n) is 13.9. The lowest BCUT2D eigenvalue weighted by molar-refractivity contribution is 0.102. The molecule has 0 aliphatic carbocycles. The third-order valence-electron chi connectivity index (χ3n) is 4.00. The average molecular weight is 418 g/mol. The molecule has 128 valence electrons. The first-order chi connectivity index (χ1) is 12.0. The largest absolute Gasteiger partial charge is 0.318 e. The van der Waals surface area contributed by atoms with Gasteiger partial charge in [0.1, 0.15) is 5.82 Å². The number of ketones is 1. The standard InChI is InChI=1S/C20H17BrFNOS/c1-13-11-19(14(2)23(13)17-7-3-15(21)4-8-17)20(24)12-25-18-9-5-16(22)6-10-18/h3-11H,12H2,1-2H3. The molecule has 0 radical (unpaired) electrons. The van der Waals surface area contributed by atoms with Gasteiger partial charge in [0.15, 0.2) is 5.78 Å². The predicted molar refractivity (Wildman–Crippen MR) is 104 cm³/mol. The molecule has 0 bridgehead atoms. The molecule has 2 nitrogen and oxygen atoms in total. The maximum Gasteiger partial charge on any atom is 0.174 e. The van der Waals surface area contributed by atoms with Crippen molar-refractivity contribution >= 4 is 33.5 Å². The Balaban J connectivity index is 1.80. The second-order valence-electron chi connectivity index (χ2n) is 5.76. The second-order valence-corrected chi connectivity index (χ2v) is 7.73. The molecule has 5 heteroatoms. The van der Waals surface area contributed by atoms with Gasteiger partial charge in [-0.05, 0) is 68.4 Å². The van der Waals surface area contributed by atoms with E-state index in [-0.39, 0.29) is 11.6 Å². The van der Waals surface area contributed by atoms with Crippen LogP contribution in [0.2, 0.25) is 0 Å². The minimum absolute atomic E-state index is 0.0748. The molecular formula is C20H17BrFNOS. The number of carbonyl (C=O) groups excluding carboxylic acids is 1. The highest BCUT2D eigenvalue weighted by molar-refractivity contribution is 9.10. The fourth-order valence-electron chi connectivity index (χ4n) is 2.79. The van der Waals surface area contributed by atoms with Gasteiger partial charge in [-0.1, -0.05) is 15.9 Å². The summed E-state index contributed by atoms with van der Waals surface area (Å²) in [6, 6.07) is 16.2. The van der Waals surface area contributed by atoms with Crippen LogP contribution >= 0.6 is 27.7 Å². The molecule has 0 amide bonds. The van der Waals surface area contributed by atoms with Gasteiger partial charge in [0.2, 0.25) is 0 Å². The van der Waals surface area contributed by atoms with E-state index in [4.69, 9.17) is 0 Å². The van der Waals surface area contributed by atoms with Crippen molar-refractivity contribution in [2.24, 2.45) is 0 Å². The first kappa shape index (κ1) is 18.0. The van der Waals surface area contributed by atoms with Crippen LogP contribution in [0.3, 0.4) is 0 Å². The van der Waals surface area contributed by atoms with Crippen molar-refractivity contribution in [2.75, 3.05) is 5.75 Å². The molecule has 0 saturated carbocycles. The van der Waals surface area contributed by atoms with Gasteiger partial charge in [0.25, 0.3) is 0 Å². The molecule has 0 atom stereocenters. The van der Waals surface area contributed by atoms with E-state index in [1.54, 1.807) is 12.1 Å². The van der Waals surface area contributed by atoms with E-state index in [1.165, 1.54) is 23.9 Å². The fraction of sp³-hybridized carbons (Fsp3) is 0.150. The van der Waals surface area contributed by atoms with E-state index in [9.17, 15) is 9.18 Å². The number of rotatable bonds is 5. The lowest BCUT2D eigenvalue weighted by atomic mass is 10.2. The molecule has 0 unspecified atom stereocenters. The van der Waals surface area contributed by atoms with Gasteiger partial charge in [-0.25, -0.2) is 4.39 Å². The van der Waals surface area contributed by atoms with E-state index in [1.807, 2.05) is 44.2 Å². The van der Waals surface area contributed by atoms with Crippen molar-refractivity contribution in [1.82, 2.24) is 4.57 Å². The summed E-state index contributed by atoms with van der Waals surface area (Å²) in [4.78, 5) is 13.5. The van der Waals surface area contributed by atoms with Crippen LogP contribution < -0.4 is 0 Å². The Morgan fingerprint density at radius 2 is 1.72 bits per heavy atom. The van der Waals surface area contributed by atoms with Gasteiger partial charge < -0.3 is 4.57 Å². The second kappa shape index (κ2) is 7.58. The molecule has 1 heterocycles. The van der Waals surface area contributed by atoms with Crippen LogP contribution in [-0.4, -0.2) is 16.1 Å². The molecule has 2 aromatic carbocycles. The molecule has 0 saturated heterocycles. The van der Waals surface area contributed by atoms with E-state index < -0.39 is 0 Å². The predicted octanol–water partition coefficient (Wildman–Crippen LogP) is 5.97. The summed E-state index contributed by atoms with van der Waals surface area (Å²) in [5.41, 5.74) is 3.72. The normalized spacial score (nSPS) is 10.9. The summed E-state index contributed by atoms with van der Waals surface area (Å²) in [6.45, 7) is 3.96. The van der Waals surface area contributed by atoms with Crippen molar-refractivity contribution in [1.29, 1.82) is 0 Å². The summed E-state index contributed by atoms with van der Waals surface area (Å²) >= 11 is 4.86. The Bertz CT molecular complexity index is 901. The highest BCUT2D eigenvalue weighted by Gasteiger charge is 2.16. The molecule has 3 aromatic rings. The van der Waals surface area contributed by atoms with Gasteiger partial charge in [-0.3, -0.25) is 4.79 Å². The number of aryl methyl sites for hydroxylation is 1. The summed E-state index contributed by atoms with van der Waals surface area (Å²) in [7, 11) is 0. The maximum absolute atomic E-state index is 13.0. The molecule has 1 aromatic heterocycles. The zero-order valence-corrected chi connectivity index (χ0v) is 16.3. The van der Waals surface area contributed by atoms with Crippen molar-refractivity contribution < 1.29 is 9.18 Å². The van der Waals surface area contributed by atoms with Crippen LogP contribution in [0.4, 0.5) is 4.39 Å². The first-order valence-electron chi connectivity index (χ1n) is 7.82. The summed E-state index contributed by atoms with van der Waals surface area (Å²) in [5, 5.41) is 0. The van der Waals surface area contributed by atoms with Crippen LogP contribution in [-0.2, 0) is 0 Å². The van der Waals surface area contributed by atoms with Crippen molar-refractivity contribution in [3.63, 3.8) is 0 Å². The number of hydrogen-bond donors (Lipinski definition) is 0. The Kier molecular flexibility index (Phi) is 5.45. The molecule has 0 fully saturated rings. The lowest BCUT2D eigenvalue weighted by Gasteiger charge is -2.10. The summed E-state index contributed by atoms with van der Waals surface area (Å²) in [5.74, 6) is 0.135. The molecule has 0 aliphatic heterocycles. The summed E-state index contributed by atoms with van der Waals surface area (Å²) in [6.07, 6.45) is 0. The van der Waals surface area contributed by atoms with E-state index in [0.717, 1.165) is 32.0 Å². The minimum atomic E-state index is -0.270. The highest BCUT2D eigenvalue weighted by Crippen LogP contribution is 2.25. The van der Waals surface area contributed by atoms with Crippen molar-refractivity contribution in [3.05, 3.63) is 81.8 Å². The Morgan fingerprint density at radius 3 is 2.36 bits per heavy atom. The smallest absolute Gasteiger partial charge is 0.174 e. The third kappa shape index (κ3) is 4.05. The topological polar surface area (TPSA) is 22.0 Å². The SMILES string of the molecule is Cc1cc(C(=O)CSc2ccc(F)cc2)c(C)n1-c1ccc(Br)cc1. The number of thioether (sulfide) groups is 1. The van der Waals surface area contributed by atoms with Gasteiger partial charge in [0, 0.05) is 32.0 Å². The lowest BCUT2D eigenvalue weighted by Crippen LogP contribution is -2.05. The molecule has 0 N–H and O–H groups in total. The fourth-order valence-corrected chi connectivity index (χ4v) is 3.84. The maximum atomic E-state index is 13.0. The average Bonchev–Trinajstić information content (AvgIpc) is 2.90. The summed E-state index contributed by atoms with van der Waals surface area (Å²) < 4.78 is 16.1. The number of hydrogen-bond acceptors (Lipinski definition) is 2. The van der Waals surface area contributed by atoms with Gasteiger partial charge in [-0.15, -0.1) is 11.8 Å². The minimum Gasteiger partial charge on any atom is -0.318 e. The highest BCUT2D eigenvalue weighted by atomic mass is 79.9. The van der Waals surface area contributed by atoms with Crippen molar-refractivity contribution in [2.45, 2.75) is 18.7 Å². The first-order valence-corrected chi connectivity index (χ1v) is 9.60. The van der Waals surface area contributed by atoms with Gasteiger partial charge >= 0.3 is 0 Å². The molecular weight excluding hydrogens is 401 g/mol. The molecule has 3 rings (SSSR count). The van der Waals surface area contributed by atoms with E-state index >= 15 is 0 Å². The number of halogens is 2. The number of benzene rings is 2. The molecule has 0 spiro atoms. The van der Waals surface area contributed by atoms with Crippen molar-refractivity contribution in [3.8, 4) is 5.69 Å². The van der Waals surface area contributed by atoms with Crippen LogP contribution in [0, 0.1) is 19.7 Å². The van der Waals surface area contributed by atoms with Crippen LogP contribution in [0.5, 0.6) is 0 Å². The van der Waals surface area contributed by atoms with E-state index in [0.29, 0.717) is 5.75 Å². The quantitative estimate of drug-likeness (QED) is 0.376. The zero-order chi connectivity index (χ0) is 18.0. The number of Topliss-reactive ketones (excluding diaryl/α,β-unsaturated/α-hetero) is 1. The number of carbonyl (C=O) groups is 1. The Hall–Kier alpha value is -1.85. The number of aromatic nitrogens is 1. The van der Waals surface area contributed by atoms with Gasteiger partial charge in [0.05, 0.1) is 5.75 Å². The molecule has 0 aliphatic rings. The van der Waals surface area contributed by atoms with Crippen LogP contribution in [0.15, 0.2) is 64.0 Å². The molecule has 25 heavy (non-hydrogen) atoms. The Labute approximate surface area is 159 Å².